The molecule has 2 amide bonds. The number of amides is 2. The average Bonchev–Trinajstić information content (AvgIpc) is 2.38. The third-order valence-electron chi connectivity index (χ3n) is 4.15. The zero-order valence-corrected chi connectivity index (χ0v) is 10.9. The van der Waals surface area contributed by atoms with Crippen LogP contribution in [-0.2, 0) is 0 Å². The van der Waals surface area contributed by atoms with Crippen LogP contribution < -0.4 is 5.73 Å². The van der Waals surface area contributed by atoms with Crippen LogP contribution >= 0.6 is 0 Å². The number of urea groups is 1. The van der Waals surface area contributed by atoms with E-state index < -0.39 is 0 Å². The first kappa shape index (κ1) is 12.7. The molecule has 0 aromatic rings. The lowest BCUT2D eigenvalue weighted by Crippen LogP contribution is -2.56. The van der Waals surface area contributed by atoms with Crippen molar-refractivity contribution in [1.29, 1.82) is 0 Å². The Kier molecular flexibility index (Phi) is 4.26. The third-order valence-corrected chi connectivity index (χ3v) is 4.15. The molecule has 0 saturated carbocycles. The molecule has 2 atom stereocenters. The molecule has 2 aliphatic rings. The van der Waals surface area contributed by atoms with Crippen molar-refractivity contribution in [2.24, 2.45) is 5.73 Å². The summed E-state index contributed by atoms with van der Waals surface area (Å²) in [6.45, 7) is 4.62. The first-order valence-corrected chi connectivity index (χ1v) is 7.01. The number of likely N-dealkylation sites (tertiary alicyclic amines) is 2. The van der Waals surface area contributed by atoms with Gasteiger partial charge in [0.05, 0.1) is 0 Å². The highest BCUT2D eigenvalue weighted by Gasteiger charge is 2.33. The molecule has 0 spiro atoms. The molecule has 0 aromatic heterocycles. The summed E-state index contributed by atoms with van der Waals surface area (Å²) in [4.78, 5) is 16.6. The molecule has 2 N–H and O–H groups in total. The van der Waals surface area contributed by atoms with Gasteiger partial charge < -0.3 is 15.5 Å². The number of rotatable bonds is 1. The molecular weight excluding hydrogens is 214 g/mol. The van der Waals surface area contributed by atoms with Crippen molar-refractivity contribution in [3.8, 4) is 0 Å². The smallest absolute Gasteiger partial charge is 0.320 e. The van der Waals surface area contributed by atoms with Gasteiger partial charge in [-0.1, -0.05) is 0 Å². The van der Waals surface area contributed by atoms with Crippen LogP contribution in [-0.4, -0.2) is 47.5 Å². The Labute approximate surface area is 104 Å². The van der Waals surface area contributed by atoms with Crippen LogP contribution in [0.4, 0.5) is 4.79 Å². The molecule has 17 heavy (non-hydrogen) atoms. The van der Waals surface area contributed by atoms with Crippen LogP contribution in [0, 0.1) is 0 Å². The molecule has 4 nitrogen and oxygen atoms in total. The minimum absolute atomic E-state index is 0.229. The van der Waals surface area contributed by atoms with Crippen LogP contribution in [0.3, 0.4) is 0 Å². The SMILES string of the molecule is CC1CCCC(CN)N1C(=O)N1CCCCC1. The fourth-order valence-electron chi connectivity index (χ4n) is 3.11. The van der Waals surface area contributed by atoms with Crippen molar-refractivity contribution < 1.29 is 4.79 Å². The van der Waals surface area contributed by atoms with Crippen molar-refractivity contribution in [2.75, 3.05) is 19.6 Å². The number of nitrogens with two attached hydrogens (primary N) is 1. The van der Waals surface area contributed by atoms with Crippen LogP contribution in [0.5, 0.6) is 0 Å². The van der Waals surface area contributed by atoms with E-state index in [1.54, 1.807) is 0 Å². The lowest BCUT2D eigenvalue weighted by Gasteiger charge is -2.43. The zero-order valence-electron chi connectivity index (χ0n) is 10.9. The highest BCUT2D eigenvalue weighted by Crippen LogP contribution is 2.24. The maximum absolute atomic E-state index is 12.5. The molecule has 0 aliphatic carbocycles. The van der Waals surface area contributed by atoms with E-state index in [-0.39, 0.29) is 12.1 Å². The van der Waals surface area contributed by atoms with Gasteiger partial charge in [0, 0.05) is 31.7 Å². The van der Waals surface area contributed by atoms with Crippen LogP contribution in [0.2, 0.25) is 0 Å². The lowest BCUT2D eigenvalue weighted by molar-refractivity contribution is 0.0837. The zero-order chi connectivity index (χ0) is 12.3. The molecule has 2 fully saturated rings. The van der Waals surface area contributed by atoms with Gasteiger partial charge in [-0.2, -0.15) is 0 Å². The molecule has 98 valence electrons. The number of hydrogen-bond donors (Lipinski definition) is 1. The van der Waals surface area contributed by atoms with Gasteiger partial charge in [0.2, 0.25) is 0 Å². The Bertz CT molecular complexity index is 263. The highest BCUT2D eigenvalue weighted by molar-refractivity contribution is 5.75. The van der Waals surface area contributed by atoms with E-state index in [1.165, 1.54) is 12.8 Å². The summed E-state index contributed by atoms with van der Waals surface area (Å²) in [5, 5.41) is 0. The van der Waals surface area contributed by atoms with Crippen LogP contribution in [0.15, 0.2) is 0 Å². The van der Waals surface area contributed by atoms with Gasteiger partial charge in [0.15, 0.2) is 0 Å². The molecular formula is C13H25N3O. The Balaban J connectivity index is 2.03. The first-order chi connectivity index (χ1) is 8.24. The Morgan fingerprint density at radius 2 is 1.88 bits per heavy atom. The van der Waals surface area contributed by atoms with Gasteiger partial charge in [0.1, 0.15) is 0 Å². The predicted molar refractivity (Wildman–Crippen MR) is 68.8 cm³/mol. The lowest BCUT2D eigenvalue weighted by atomic mass is 9.96. The first-order valence-electron chi connectivity index (χ1n) is 7.01. The molecule has 0 bridgehead atoms. The summed E-state index contributed by atoms with van der Waals surface area (Å²) < 4.78 is 0. The summed E-state index contributed by atoms with van der Waals surface area (Å²) in [5.74, 6) is 0. The van der Waals surface area contributed by atoms with E-state index in [0.29, 0.717) is 12.6 Å². The molecule has 2 heterocycles. The maximum Gasteiger partial charge on any atom is 0.320 e. The van der Waals surface area contributed by atoms with Crippen molar-refractivity contribution >= 4 is 6.03 Å². The second kappa shape index (κ2) is 5.71. The van der Waals surface area contributed by atoms with E-state index >= 15 is 0 Å². The Morgan fingerprint density at radius 3 is 2.53 bits per heavy atom. The summed E-state index contributed by atoms with van der Waals surface area (Å²) in [6.07, 6.45) is 6.96. The monoisotopic (exact) mass is 239 g/mol. The number of piperidine rings is 2. The Hall–Kier alpha value is -0.770. The number of carbonyl (C=O) groups is 1. The average molecular weight is 239 g/mol. The number of carbonyl (C=O) groups excluding carboxylic acids is 1. The Morgan fingerprint density at radius 1 is 1.18 bits per heavy atom. The second-order valence-electron chi connectivity index (χ2n) is 5.41. The van der Waals surface area contributed by atoms with Gasteiger partial charge in [0.25, 0.3) is 0 Å². The van der Waals surface area contributed by atoms with E-state index in [9.17, 15) is 4.79 Å². The topological polar surface area (TPSA) is 49.6 Å². The van der Waals surface area contributed by atoms with E-state index in [1.807, 2.05) is 4.90 Å². The fraction of sp³-hybridized carbons (Fsp3) is 0.923. The van der Waals surface area contributed by atoms with E-state index in [4.69, 9.17) is 5.73 Å². The van der Waals surface area contributed by atoms with E-state index in [2.05, 4.69) is 11.8 Å². The number of nitrogens with zero attached hydrogens (tertiary/aromatic N) is 2. The highest BCUT2D eigenvalue weighted by atomic mass is 16.2. The molecule has 2 rings (SSSR count). The quantitative estimate of drug-likeness (QED) is 0.758. The molecule has 0 aromatic carbocycles. The molecule has 2 aliphatic heterocycles. The van der Waals surface area contributed by atoms with Crippen molar-refractivity contribution in [3.63, 3.8) is 0 Å². The van der Waals surface area contributed by atoms with Crippen LogP contribution in [0.25, 0.3) is 0 Å². The minimum Gasteiger partial charge on any atom is -0.328 e. The van der Waals surface area contributed by atoms with Gasteiger partial charge in [-0.05, 0) is 45.4 Å². The van der Waals surface area contributed by atoms with Crippen molar-refractivity contribution in [1.82, 2.24) is 9.80 Å². The fourth-order valence-corrected chi connectivity index (χ4v) is 3.11. The van der Waals surface area contributed by atoms with Crippen LogP contribution in [0.1, 0.15) is 45.4 Å². The summed E-state index contributed by atoms with van der Waals surface area (Å²) >= 11 is 0. The van der Waals surface area contributed by atoms with Crippen molar-refractivity contribution in [2.45, 2.75) is 57.5 Å². The normalized spacial score (nSPS) is 30.5. The van der Waals surface area contributed by atoms with Gasteiger partial charge >= 0.3 is 6.03 Å². The standard InChI is InChI=1S/C13H25N3O/c1-11-6-5-7-12(10-14)16(11)13(17)15-8-3-2-4-9-15/h11-12H,2-10,14H2,1H3. The molecule has 2 unspecified atom stereocenters. The maximum atomic E-state index is 12.5. The summed E-state index contributed by atoms with van der Waals surface area (Å²) in [6, 6.07) is 0.840. The van der Waals surface area contributed by atoms with E-state index in [0.717, 1.165) is 38.8 Å². The summed E-state index contributed by atoms with van der Waals surface area (Å²) in [7, 11) is 0. The largest absolute Gasteiger partial charge is 0.328 e. The second-order valence-corrected chi connectivity index (χ2v) is 5.41. The number of hydrogen-bond acceptors (Lipinski definition) is 2. The molecule has 4 heteroatoms. The third kappa shape index (κ3) is 2.73. The predicted octanol–water partition coefficient (Wildman–Crippen LogP) is 1.79. The summed E-state index contributed by atoms with van der Waals surface area (Å²) in [5.41, 5.74) is 5.81. The molecule has 2 saturated heterocycles. The van der Waals surface area contributed by atoms with Gasteiger partial charge in [-0.3, -0.25) is 0 Å². The molecule has 0 radical (unpaired) electrons. The van der Waals surface area contributed by atoms with Crippen molar-refractivity contribution in [3.05, 3.63) is 0 Å². The van der Waals surface area contributed by atoms with Gasteiger partial charge in [-0.25, -0.2) is 4.79 Å². The van der Waals surface area contributed by atoms with Gasteiger partial charge in [-0.15, -0.1) is 0 Å². The minimum atomic E-state index is 0.229.